The van der Waals surface area contributed by atoms with Gasteiger partial charge in [-0.25, -0.2) is 4.98 Å². The fourth-order valence-electron chi connectivity index (χ4n) is 4.21. The first-order valence-electron chi connectivity index (χ1n) is 11.2. The molecular weight excluding hydrogens is 572 g/mol. The first kappa shape index (κ1) is 23.0. The van der Waals surface area contributed by atoms with Gasteiger partial charge >= 0.3 is 0 Å². The zero-order valence-electron chi connectivity index (χ0n) is 18.0. The van der Waals surface area contributed by atoms with Crippen LogP contribution in [0.2, 0.25) is 10.0 Å². The number of fused-ring (bicyclic) bond motifs is 1. The number of ether oxygens (including phenoxy) is 1. The third kappa shape index (κ3) is 5.17. The van der Waals surface area contributed by atoms with E-state index in [1.165, 1.54) is 6.42 Å². The van der Waals surface area contributed by atoms with Gasteiger partial charge in [0.2, 0.25) is 5.91 Å². The molecule has 1 fully saturated rings. The quantitative estimate of drug-likeness (QED) is 0.261. The number of carbonyl (C=O) groups excluding carboxylic acids is 1. The Kier molecular flexibility index (Phi) is 6.86. The normalized spacial score (nSPS) is 15.2. The monoisotopic (exact) mass is 595 g/mol. The maximum absolute atomic E-state index is 12.7. The van der Waals surface area contributed by atoms with Crippen molar-refractivity contribution >= 4 is 51.7 Å². The molecule has 33 heavy (non-hydrogen) atoms. The molecule has 1 N–H and O–H groups in total. The molecule has 0 saturated heterocycles. The number of hydrogen-bond donors (Lipinski definition) is 1. The van der Waals surface area contributed by atoms with Crippen molar-refractivity contribution in [3.63, 3.8) is 0 Å². The van der Waals surface area contributed by atoms with Crippen LogP contribution >= 0.6 is 45.8 Å². The van der Waals surface area contributed by atoms with Gasteiger partial charge in [0.25, 0.3) is 0 Å². The molecule has 3 aromatic rings. The second kappa shape index (κ2) is 9.84. The first-order chi connectivity index (χ1) is 16.0. The highest BCUT2D eigenvalue weighted by Gasteiger charge is 2.21. The van der Waals surface area contributed by atoms with E-state index in [0.717, 1.165) is 69.8 Å². The lowest BCUT2D eigenvalue weighted by atomic mass is 9.96. The van der Waals surface area contributed by atoms with Crippen molar-refractivity contribution in [1.29, 1.82) is 0 Å². The van der Waals surface area contributed by atoms with Gasteiger partial charge in [-0.1, -0.05) is 23.2 Å². The van der Waals surface area contributed by atoms with E-state index in [0.29, 0.717) is 16.6 Å². The number of rotatable bonds is 7. The molecule has 172 valence electrons. The summed E-state index contributed by atoms with van der Waals surface area (Å²) in [4.78, 5) is 17.5. The lowest BCUT2D eigenvalue weighted by Gasteiger charge is -2.27. The molecule has 0 spiro atoms. The molecule has 5 rings (SSSR count). The number of nitrogens with zero attached hydrogens (tertiary/aromatic N) is 2. The van der Waals surface area contributed by atoms with Crippen LogP contribution in [0.4, 0.5) is 0 Å². The summed E-state index contributed by atoms with van der Waals surface area (Å²) in [5.41, 5.74) is 3.81. The maximum atomic E-state index is 12.7. The van der Waals surface area contributed by atoms with Crippen molar-refractivity contribution in [3.05, 3.63) is 67.1 Å². The number of halogens is 3. The van der Waals surface area contributed by atoms with E-state index >= 15 is 0 Å². The number of carbonyl (C=O) groups is 1. The van der Waals surface area contributed by atoms with Crippen molar-refractivity contribution in [2.24, 2.45) is 0 Å². The predicted molar refractivity (Wildman–Crippen MR) is 139 cm³/mol. The maximum Gasteiger partial charge on any atom is 0.224 e. The van der Waals surface area contributed by atoms with Crippen molar-refractivity contribution in [1.82, 2.24) is 14.9 Å². The highest BCUT2D eigenvalue weighted by Crippen LogP contribution is 2.32. The second-order valence-electron chi connectivity index (χ2n) is 8.66. The molecular formula is C25H24Cl2IN3O2. The van der Waals surface area contributed by atoms with Crippen LogP contribution in [0.1, 0.15) is 42.6 Å². The molecule has 0 bridgehead atoms. The Morgan fingerprint density at radius 1 is 1.21 bits per heavy atom. The van der Waals surface area contributed by atoms with Crippen LogP contribution in [0.15, 0.2) is 36.5 Å². The van der Waals surface area contributed by atoms with E-state index in [1.54, 1.807) is 6.07 Å². The average Bonchev–Trinajstić information content (AvgIpc) is 3.36. The minimum atomic E-state index is -0.0786. The molecule has 5 nitrogen and oxygen atoms in total. The lowest BCUT2D eigenvalue weighted by molar-refractivity contribution is -0.120. The Labute approximate surface area is 217 Å². The number of aromatic nitrogens is 2. The third-order valence-electron chi connectivity index (χ3n) is 6.24. The molecule has 1 saturated carbocycles. The van der Waals surface area contributed by atoms with Gasteiger partial charge in [0.15, 0.2) is 0 Å². The zero-order valence-corrected chi connectivity index (χ0v) is 21.7. The molecule has 0 radical (unpaired) electrons. The molecule has 1 amide bonds. The number of imidazole rings is 1. The standard InChI is InChI=1S/C25H24Cl2IN3O2/c26-19-9-15(10-20(28)25(19)27)11-24(32)29-13-17-12-16(6-7-22(17)33-18-3-1-4-18)21-14-31-8-2-5-23(31)30-21/h6-7,9-10,12,14,18H,1-5,8,11,13H2,(H,29,32). The third-order valence-corrected chi connectivity index (χ3v) is 8.22. The largest absolute Gasteiger partial charge is 0.490 e. The van der Waals surface area contributed by atoms with Crippen LogP contribution in [0.3, 0.4) is 0 Å². The van der Waals surface area contributed by atoms with Crippen molar-refractivity contribution in [2.45, 2.75) is 57.7 Å². The fourth-order valence-corrected chi connectivity index (χ4v) is 5.41. The van der Waals surface area contributed by atoms with Crippen molar-refractivity contribution < 1.29 is 9.53 Å². The summed E-state index contributed by atoms with van der Waals surface area (Å²) in [5.74, 6) is 1.90. The number of benzene rings is 2. The van der Waals surface area contributed by atoms with E-state index in [4.69, 9.17) is 32.9 Å². The summed E-state index contributed by atoms with van der Waals surface area (Å²) in [5, 5.41) is 4.02. The Morgan fingerprint density at radius 2 is 2.06 bits per heavy atom. The Bertz CT molecular complexity index is 1160. The molecule has 2 aromatic carbocycles. The van der Waals surface area contributed by atoms with Crippen molar-refractivity contribution in [3.8, 4) is 17.0 Å². The van der Waals surface area contributed by atoms with Gasteiger partial charge < -0.3 is 14.6 Å². The van der Waals surface area contributed by atoms with Gasteiger partial charge in [-0.3, -0.25) is 4.79 Å². The Hall–Kier alpha value is -1.77. The Morgan fingerprint density at radius 3 is 2.79 bits per heavy atom. The zero-order chi connectivity index (χ0) is 22.9. The molecule has 1 aliphatic heterocycles. The molecule has 2 heterocycles. The molecule has 0 atom stereocenters. The van der Waals surface area contributed by atoms with Crippen LogP contribution in [0.5, 0.6) is 5.75 Å². The van der Waals surface area contributed by atoms with Gasteiger partial charge in [0.05, 0.1) is 28.3 Å². The summed E-state index contributed by atoms with van der Waals surface area (Å²) >= 11 is 14.4. The fraction of sp³-hybridized carbons (Fsp3) is 0.360. The van der Waals surface area contributed by atoms with Crippen LogP contribution in [-0.4, -0.2) is 21.6 Å². The van der Waals surface area contributed by atoms with Crippen molar-refractivity contribution in [2.75, 3.05) is 0 Å². The van der Waals surface area contributed by atoms with Crippen LogP contribution in [0.25, 0.3) is 11.3 Å². The van der Waals surface area contributed by atoms with Gasteiger partial charge in [0, 0.05) is 40.4 Å². The molecule has 0 unspecified atom stereocenters. The first-order valence-corrected chi connectivity index (χ1v) is 13.1. The predicted octanol–water partition coefficient (Wildman–Crippen LogP) is 6.20. The summed E-state index contributed by atoms with van der Waals surface area (Å²) in [6.07, 6.45) is 8.18. The van der Waals surface area contributed by atoms with Crippen LogP contribution in [0, 0.1) is 3.57 Å². The highest BCUT2D eigenvalue weighted by atomic mass is 127. The van der Waals surface area contributed by atoms with Gasteiger partial charge in [-0.05, 0) is 84.2 Å². The van der Waals surface area contributed by atoms with Gasteiger partial charge in [-0.2, -0.15) is 0 Å². The summed E-state index contributed by atoms with van der Waals surface area (Å²) in [6, 6.07) is 9.80. The summed E-state index contributed by atoms with van der Waals surface area (Å²) < 4.78 is 9.28. The number of hydrogen-bond acceptors (Lipinski definition) is 3. The van der Waals surface area contributed by atoms with E-state index < -0.39 is 0 Å². The van der Waals surface area contributed by atoms with Gasteiger partial charge in [0.1, 0.15) is 11.6 Å². The van der Waals surface area contributed by atoms with Gasteiger partial charge in [-0.15, -0.1) is 0 Å². The molecule has 2 aliphatic rings. The minimum absolute atomic E-state index is 0.0786. The number of aryl methyl sites for hydroxylation is 2. The Balaban J connectivity index is 1.32. The van der Waals surface area contributed by atoms with E-state index in [-0.39, 0.29) is 18.4 Å². The summed E-state index contributed by atoms with van der Waals surface area (Å²) in [6.45, 7) is 1.42. The van der Waals surface area contributed by atoms with E-state index in [2.05, 4.69) is 50.8 Å². The SMILES string of the molecule is O=C(Cc1cc(Cl)c(Cl)c(I)c1)NCc1cc(-c2cn3c(n2)CCC3)ccc1OC1CCC1. The van der Waals surface area contributed by atoms with Crippen LogP contribution in [-0.2, 0) is 30.7 Å². The smallest absolute Gasteiger partial charge is 0.224 e. The molecule has 1 aromatic heterocycles. The van der Waals surface area contributed by atoms with E-state index in [1.807, 2.05) is 12.1 Å². The molecule has 8 heteroatoms. The van der Waals surface area contributed by atoms with E-state index in [9.17, 15) is 4.79 Å². The second-order valence-corrected chi connectivity index (χ2v) is 10.6. The number of amides is 1. The topological polar surface area (TPSA) is 56.2 Å². The minimum Gasteiger partial charge on any atom is -0.490 e. The lowest BCUT2D eigenvalue weighted by Crippen LogP contribution is -2.27. The highest BCUT2D eigenvalue weighted by molar-refractivity contribution is 14.1. The number of nitrogens with one attached hydrogen (secondary N) is 1. The van der Waals surface area contributed by atoms with Crippen LogP contribution < -0.4 is 10.1 Å². The summed E-state index contributed by atoms with van der Waals surface area (Å²) in [7, 11) is 0. The average molecular weight is 596 g/mol. The molecule has 1 aliphatic carbocycles.